The number of nitrogens with two attached hydrogens (primary N) is 1. The Morgan fingerprint density at radius 2 is 2.06 bits per heavy atom. The maximum Gasteiger partial charge on any atom is 0.268 e. The molecule has 5 rings (SSSR count). The molecule has 0 radical (unpaired) electrons. The van der Waals surface area contributed by atoms with Gasteiger partial charge in [-0.3, -0.25) is 4.79 Å². The second-order valence-corrected chi connectivity index (χ2v) is 8.57. The first-order valence-corrected chi connectivity index (χ1v) is 10.5. The van der Waals surface area contributed by atoms with Gasteiger partial charge in [0.25, 0.3) is 5.91 Å². The van der Waals surface area contributed by atoms with Crippen molar-refractivity contribution in [2.24, 2.45) is 11.7 Å². The van der Waals surface area contributed by atoms with Crippen molar-refractivity contribution in [3.63, 3.8) is 0 Å². The van der Waals surface area contributed by atoms with Crippen molar-refractivity contribution in [3.8, 4) is 5.75 Å². The second-order valence-electron chi connectivity index (χ2n) is 8.57. The van der Waals surface area contributed by atoms with Gasteiger partial charge in [-0.05, 0) is 57.4 Å². The normalized spacial score (nSPS) is 18.4. The molecule has 2 aromatic heterocycles. The van der Waals surface area contributed by atoms with Gasteiger partial charge in [-0.15, -0.1) is 0 Å². The van der Waals surface area contributed by atoms with E-state index in [1.165, 1.54) is 0 Å². The molecule has 9 heteroatoms. The van der Waals surface area contributed by atoms with Gasteiger partial charge < -0.3 is 30.4 Å². The van der Waals surface area contributed by atoms with E-state index in [4.69, 9.17) is 19.9 Å². The van der Waals surface area contributed by atoms with Crippen LogP contribution in [0.3, 0.4) is 0 Å². The number of hydrogen-bond donors (Lipinski definition) is 3. The van der Waals surface area contributed by atoms with Crippen LogP contribution in [0, 0.1) is 5.92 Å². The summed E-state index contributed by atoms with van der Waals surface area (Å²) < 4.78 is 11.5. The number of benzene rings is 1. The first kappa shape index (κ1) is 19.6. The third kappa shape index (κ3) is 3.65. The Morgan fingerprint density at radius 3 is 2.84 bits per heavy atom. The fourth-order valence-electron chi connectivity index (χ4n) is 4.02. The van der Waals surface area contributed by atoms with E-state index in [-0.39, 0.29) is 5.91 Å². The lowest BCUT2D eigenvalue weighted by molar-refractivity contribution is -0.129. The second kappa shape index (κ2) is 7.42. The van der Waals surface area contributed by atoms with E-state index in [0.717, 1.165) is 49.5 Å². The van der Waals surface area contributed by atoms with Crippen LogP contribution >= 0.6 is 0 Å². The van der Waals surface area contributed by atoms with E-state index in [1.807, 2.05) is 24.3 Å². The third-order valence-electron chi connectivity index (χ3n) is 5.93. The molecule has 1 fully saturated rings. The van der Waals surface area contributed by atoms with Crippen molar-refractivity contribution >= 4 is 40.1 Å². The minimum atomic E-state index is -0.899. The Morgan fingerprint density at radius 1 is 1.26 bits per heavy atom. The zero-order valence-corrected chi connectivity index (χ0v) is 17.6. The van der Waals surface area contributed by atoms with Crippen LogP contribution in [0.4, 0.5) is 23.1 Å². The van der Waals surface area contributed by atoms with Gasteiger partial charge in [-0.2, -0.15) is 4.98 Å². The highest BCUT2D eigenvalue weighted by Crippen LogP contribution is 2.36. The molecule has 0 saturated carbocycles. The molecule has 0 unspecified atom stereocenters. The summed E-state index contributed by atoms with van der Waals surface area (Å²) in [6.45, 7) is 5.96. The zero-order chi connectivity index (χ0) is 21.6. The van der Waals surface area contributed by atoms with Gasteiger partial charge >= 0.3 is 0 Å². The molecule has 0 aliphatic carbocycles. The maximum absolute atomic E-state index is 12.2. The maximum atomic E-state index is 12.2. The smallest absolute Gasteiger partial charge is 0.268 e. The number of hydrogen-bond acceptors (Lipinski definition) is 8. The Labute approximate surface area is 180 Å². The van der Waals surface area contributed by atoms with Gasteiger partial charge in [0.1, 0.15) is 11.3 Å². The lowest BCUT2D eigenvalue weighted by Gasteiger charge is -2.32. The van der Waals surface area contributed by atoms with Crippen LogP contribution in [-0.2, 0) is 4.79 Å². The van der Waals surface area contributed by atoms with E-state index >= 15 is 0 Å². The first-order chi connectivity index (χ1) is 14.9. The summed E-state index contributed by atoms with van der Waals surface area (Å²) in [5.41, 5.74) is 7.72. The van der Waals surface area contributed by atoms with Crippen molar-refractivity contribution in [2.45, 2.75) is 32.3 Å². The summed E-state index contributed by atoms with van der Waals surface area (Å²) in [7, 11) is 0. The summed E-state index contributed by atoms with van der Waals surface area (Å²) in [4.78, 5) is 23.8. The minimum absolute atomic E-state index is 0.184. The lowest BCUT2D eigenvalue weighted by Crippen LogP contribution is -2.45. The number of ether oxygens (including phenoxy) is 1. The highest BCUT2D eigenvalue weighted by atomic mass is 16.5. The number of furan rings is 1. The van der Waals surface area contributed by atoms with Crippen molar-refractivity contribution in [1.29, 1.82) is 0 Å². The van der Waals surface area contributed by atoms with Crippen LogP contribution in [0.25, 0.3) is 11.1 Å². The molecule has 1 aromatic carbocycles. The van der Waals surface area contributed by atoms with E-state index in [9.17, 15) is 4.79 Å². The average Bonchev–Trinajstić information content (AvgIpc) is 3.23. The number of anilines is 4. The van der Waals surface area contributed by atoms with Crippen molar-refractivity contribution < 1.29 is 13.9 Å². The number of aromatic nitrogens is 2. The van der Waals surface area contributed by atoms with E-state index in [2.05, 4.69) is 20.5 Å². The zero-order valence-electron chi connectivity index (χ0n) is 17.6. The number of nitrogens with one attached hydrogen (secondary N) is 2. The van der Waals surface area contributed by atoms with E-state index in [0.29, 0.717) is 28.9 Å². The molecule has 9 nitrogen and oxygen atoms in total. The van der Waals surface area contributed by atoms with Crippen LogP contribution in [0.2, 0.25) is 0 Å². The number of carbonyl (C=O) groups excluding carboxylic acids is 1. The highest BCUT2D eigenvalue weighted by molar-refractivity contribution is 6.00. The standard InChI is InChI=1S/C22H26N6O3/c1-22(2)20(29)25-16-11-14(3-4-17(16)31-22)24-21-26-15-7-10-30-18(15)19(27-21)28-8-5-13(12-23)6-9-28/h3-4,7,10-11,13H,5-6,8-9,12,23H2,1-2H3,(H,25,29)(H,24,26,27). The molecule has 4 heterocycles. The van der Waals surface area contributed by atoms with Gasteiger partial charge in [0, 0.05) is 24.8 Å². The van der Waals surface area contributed by atoms with Crippen LogP contribution in [0.5, 0.6) is 5.75 Å². The molecule has 162 valence electrons. The number of rotatable bonds is 4. The highest BCUT2D eigenvalue weighted by Gasteiger charge is 2.35. The SMILES string of the molecule is CC1(C)Oc2ccc(Nc3nc(N4CCC(CN)CC4)c4occc4n3)cc2NC1=O. The monoisotopic (exact) mass is 422 g/mol. The predicted octanol–water partition coefficient (Wildman–Crippen LogP) is 3.25. The molecule has 4 N–H and O–H groups in total. The van der Waals surface area contributed by atoms with Gasteiger partial charge in [-0.1, -0.05) is 0 Å². The largest absolute Gasteiger partial charge is 0.476 e. The molecule has 0 bridgehead atoms. The molecule has 1 saturated heterocycles. The topological polar surface area (TPSA) is 119 Å². The Hall–Kier alpha value is -3.33. The van der Waals surface area contributed by atoms with E-state index in [1.54, 1.807) is 20.1 Å². The van der Waals surface area contributed by atoms with Crippen molar-refractivity contribution in [2.75, 3.05) is 35.2 Å². The number of carbonyl (C=O) groups is 1. The number of nitrogens with zero attached hydrogens (tertiary/aromatic N) is 3. The summed E-state index contributed by atoms with van der Waals surface area (Å²) in [6.07, 6.45) is 3.70. The third-order valence-corrected chi connectivity index (χ3v) is 5.93. The van der Waals surface area contributed by atoms with Crippen molar-refractivity contribution in [1.82, 2.24) is 9.97 Å². The lowest BCUT2D eigenvalue weighted by atomic mass is 9.97. The van der Waals surface area contributed by atoms with Gasteiger partial charge in [-0.25, -0.2) is 4.98 Å². The summed E-state index contributed by atoms with van der Waals surface area (Å²) in [5, 5.41) is 6.15. The number of fused-ring (bicyclic) bond motifs is 2. The van der Waals surface area contributed by atoms with Gasteiger partial charge in [0.05, 0.1) is 12.0 Å². The summed E-state index contributed by atoms with van der Waals surface area (Å²) in [6, 6.07) is 7.36. The molecule has 0 atom stereocenters. The van der Waals surface area contributed by atoms with Crippen LogP contribution in [0.15, 0.2) is 34.9 Å². The molecular weight excluding hydrogens is 396 g/mol. The van der Waals surface area contributed by atoms with Gasteiger partial charge in [0.15, 0.2) is 17.0 Å². The number of piperidine rings is 1. The van der Waals surface area contributed by atoms with Gasteiger partial charge in [0.2, 0.25) is 5.95 Å². The molecule has 2 aliphatic heterocycles. The molecule has 2 aliphatic rings. The van der Waals surface area contributed by atoms with E-state index < -0.39 is 5.60 Å². The molecule has 31 heavy (non-hydrogen) atoms. The van der Waals surface area contributed by atoms with Crippen LogP contribution in [0.1, 0.15) is 26.7 Å². The predicted molar refractivity (Wildman–Crippen MR) is 119 cm³/mol. The van der Waals surface area contributed by atoms with Crippen molar-refractivity contribution in [3.05, 3.63) is 30.5 Å². The first-order valence-electron chi connectivity index (χ1n) is 10.5. The number of amides is 1. The average molecular weight is 422 g/mol. The molecule has 3 aromatic rings. The molecular formula is C22H26N6O3. The Kier molecular flexibility index (Phi) is 4.70. The van der Waals surface area contributed by atoms with Crippen LogP contribution in [-0.4, -0.2) is 41.1 Å². The fraction of sp³-hybridized carbons (Fsp3) is 0.409. The Bertz CT molecular complexity index is 1130. The fourth-order valence-corrected chi connectivity index (χ4v) is 4.02. The van der Waals surface area contributed by atoms with Crippen LogP contribution < -0.4 is 26.0 Å². The summed E-state index contributed by atoms with van der Waals surface area (Å²) in [5.74, 6) is 2.25. The quantitative estimate of drug-likeness (QED) is 0.586. The minimum Gasteiger partial charge on any atom is -0.476 e. The molecule has 0 spiro atoms. The molecule has 1 amide bonds. The Balaban J connectivity index is 1.43. The summed E-state index contributed by atoms with van der Waals surface area (Å²) >= 11 is 0.